The quantitative estimate of drug-likeness (QED) is 0.588. The monoisotopic (exact) mass is 429 g/mol. The standard InChI is InChI=1S/C22H27N3O4S/c1-15(2)25-18-9-6-5-8-17(18)23-22(25)19-10-7-13-24(19)30(26,27)16-11-12-20(28-3)21(14-16)29-4/h5-6,8-9,11-12,14-15,19H,7,10,13H2,1-4H3/t19-/m0/s1. The molecular weight excluding hydrogens is 402 g/mol. The average Bonchev–Trinajstić information content (AvgIpc) is 3.37. The first-order valence-corrected chi connectivity index (χ1v) is 11.5. The number of hydrogen-bond acceptors (Lipinski definition) is 5. The molecule has 0 radical (unpaired) electrons. The summed E-state index contributed by atoms with van der Waals surface area (Å²) in [5.41, 5.74) is 1.91. The van der Waals surface area contributed by atoms with Crippen molar-refractivity contribution in [3.05, 3.63) is 48.3 Å². The summed E-state index contributed by atoms with van der Waals surface area (Å²) >= 11 is 0. The molecule has 0 unspecified atom stereocenters. The molecule has 1 fully saturated rings. The Morgan fingerprint density at radius 2 is 1.80 bits per heavy atom. The van der Waals surface area contributed by atoms with Gasteiger partial charge in [-0.3, -0.25) is 0 Å². The van der Waals surface area contributed by atoms with E-state index in [4.69, 9.17) is 14.5 Å². The minimum atomic E-state index is -3.73. The van der Waals surface area contributed by atoms with Crippen molar-refractivity contribution >= 4 is 21.1 Å². The van der Waals surface area contributed by atoms with Gasteiger partial charge in [0.2, 0.25) is 10.0 Å². The smallest absolute Gasteiger partial charge is 0.243 e. The van der Waals surface area contributed by atoms with Gasteiger partial charge in [0, 0.05) is 18.7 Å². The summed E-state index contributed by atoms with van der Waals surface area (Å²) in [4.78, 5) is 5.04. The summed E-state index contributed by atoms with van der Waals surface area (Å²) < 4.78 is 41.4. The Bertz CT molecular complexity index is 1170. The summed E-state index contributed by atoms with van der Waals surface area (Å²) in [5, 5.41) is 0. The Labute approximate surface area is 177 Å². The summed E-state index contributed by atoms with van der Waals surface area (Å²) in [6.45, 7) is 4.65. The first-order valence-electron chi connectivity index (χ1n) is 10.1. The Balaban J connectivity index is 1.79. The van der Waals surface area contributed by atoms with Gasteiger partial charge in [-0.05, 0) is 51.0 Å². The van der Waals surface area contributed by atoms with Crippen molar-refractivity contribution in [3.8, 4) is 11.5 Å². The molecule has 1 aromatic heterocycles. The lowest BCUT2D eigenvalue weighted by Crippen LogP contribution is -2.32. The minimum Gasteiger partial charge on any atom is -0.493 e. The van der Waals surface area contributed by atoms with Crippen molar-refractivity contribution in [1.29, 1.82) is 0 Å². The number of methoxy groups -OCH3 is 2. The first-order chi connectivity index (χ1) is 14.4. The van der Waals surface area contributed by atoms with E-state index >= 15 is 0 Å². The number of benzene rings is 2. The van der Waals surface area contributed by atoms with Gasteiger partial charge in [0.1, 0.15) is 5.82 Å². The van der Waals surface area contributed by atoms with Crippen LogP contribution in [0.3, 0.4) is 0 Å². The predicted molar refractivity (Wildman–Crippen MR) is 116 cm³/mol. The molecule has 4 rings (SSSR count). The third-order valence-electron chi connectivity index (χ3n) is 5.60. The molecule has 30 heavy (non-hydrogen) atoms. The largest absolute Gasteiger partial charge is 0.493 e. The van der Waals surface area contributed by atoms with Crippen LogP contribution in [0.5, 0.6) is 11.5 Å². The minimum absolute atomic E-state index is 0.165. The molecule has 2 heterocycles. The van der Waals surface area contributed by atoms with Crippen LogP contribution in [0.1, 0.15) is 44.6 Å². The van der Waals surface area contributed by atoms with Gasteiger partial charge >= 0.3 is 0 Å². The Kier molecular flexibility index (Phi) is 5.46. The van der Waals surface area contributed by atoms with Gasteiger partial charge in [0.25, 0.3) is 0 Å². The maximum absolute atomic E-state index is 13.6. The molecular formula is C22H27N3O4S. The summed E-state index contributed by atoms with van der Waals surface area (Å²) in [6, 6.07) is 12.5. The molecule has 0 N–H and O–H groups in total. The second-order valence-electron chi connectivity index (χ2n) is 7.71. The van der Waals surface area contributed by atoms with Crippen molar-refractivity contribution in [3.63, 3.8) is 0 Å². The van der Waals surface area contributed by atoms with E-state index in [1.807, 2.05) is 24.3 Å². The predicted octanol–water partition coefficient (Wildman–Crippen LogP) is 4.16. The second-order valence-corrected chi connectivity index (χ2v) is 9.60. The van der Waals surface area contributed by atoms with Gasteiger partial charge in [-0.25, -0.2) is 13.4 Å². The van der Waals surface area contributed by atoms with E-state index in [1.165, 1.54) is 20.3 Å². The van der Waals surface area contributed by atoms with Crippen LogP contribution in [-0.2, 0) is 10.0 Å². The van der Waals surface area contributed by atoms with E-state index in [0.29, 0.717) is 18.0 Å². The number of nitrogens with zero attached hydrogens (tertiary/aromatic N) is 3. The van der Waals surface area contributed by atoms with Gasteiger partial charge < -0.3 is 14.0 Å². The van der Waals surface area contributed by atoms with Gasteiger partial charge in [0.05, 0.1) is 36.2 Å². The number of hydrogen-bond donors (Lipinski definition) is 0. The lowest BCUT2D eigenvalue weighted by Gasteiger charge is -2.26. The number of fused-ring (bicyclic) bond motifs is 1. The highest BCUT2D eigenvalue weighted by atomic mass is 32.2. The summed E-state index contributed by atoms with van der Waals surface area (Å²) in [5.74, 6) is 1.69. The zero-order valence-electron chi connectivity index (χ0n) is 17.7. The molecule has 1 aliphatic rings. The molecule has 8 heteroatoms. The van der Waals surface area contributed by atoms with Crippen LogP contribution >= 0.6 is 0 Å². The molecule has 0 aliphatic carbocycles. The third-order valence-corrected chi connectivity index (χ3v) is 7.51. The lowest BCUT2D eigenvalue weighted by molar-refractivity contribution is 0.352. The van der Waals surface area contributed by atoms with Gasteiger partial charge in [0.15, 0.2) is 11.5 Å². The molecule has 160 valence electrons. The SMILES string of the molecule is COc1ccc(S(=O)(=O)N2CCC[C@H]2c2nc3ccccc3n2C(C)C)cc1OC. The molecule has 7 nitrogen and oxygen atoms in total. The fourth-order valence-corrected chi connectivity index (χ4v) is 5.91. The molecule has 0 bridgehead atoms. The highest BCUT2D eigenvalue weighted by molar-refractivity contribution is 7.89. The van der Waals surface area contributed by atoms with Crippen LogP contribution in [0, 0.1) is 0 Å². The van der Waals surface area contributed by atoms with Crippen molar-refractivity contribution in [1.82, 2.24) is 13.9 Å². The van der Waals surface area contributed by atoms with E-state index < -0.39 is 10.0 Å². The normalized spacial score (nSPS) is 17.7. The van der Waals surface area contributed by atoms with Crippen LogP contribution in [0.2, 0.25) is 0 Å². The molecule has 0 amide bonds. The number of para-hydroxylation sites is 2. The fraction of sp³-hybridized carbons (Fsp3) is 0.409. The van der Waals surface area contributed by atoms with Crippen molar-refractivity contribution in [2.45, 2.75) is 43.7 Å². The maximum atomic E-state index is 13.6. The van der Waals surface area contributed by atoms with Crippen LogP contribution in [0.15, 0.2) is 47.4 Å². The maximum Gasteiger partial charge on any atom is 0.243 e. The average molecular weight is 430 g/mol. The van der Waals surface area contributed by atoms with E-state index in [9.17, 15) is 8.42 Å². The summed E-state index contributed by atoms with van der Waals surface area (Å²) in [7, 11) is -0.704. The lowest BCUT2D eigenvalue weighted by atomic mass is 10.2. The van der Waals surface area contributed by atoms with Gasteiger partial charge in [-0.15, -0.1) is 0 Å². The van der Waals surface area contributed by atoms with Crippen molar-refractivity contribution < 1.29 is 17.9 Å². The van der Waals surface area contributed by atoms with E-state index in [2.05, 4.69) is 18.4 Å². The molecule has 0 spiro atoms. The highest BCUT2D eigenvalue weighted by Gasteiger charge is 2.39. The molecule has 0 saturated carbocycles. The zero-order chi connectivity index (χ0) is 21.5. The first kappa shape index (κ1) is 20.7. The molecule has 3 aromatic rings. The molecule has 2 aromatic carbocycles. The Hall–Kier alpha value is -2.58. The third kappa shape index (κ3) is 3.33. The van der Waals surface area contributed by atoms with Crippen LogP contribution in [-0.4, -0.2) is 43.0 Å². The fourth-order valence-electron chi connectivity index (χ4n) is 4.24. The molecule has 1 aliphatic heterocycles. The number of aromatic nitrogens is 2. The van der Waals surface area contributed by atoms with E-state index in [1.54, 1.807) is 16.4 Å². The number of imidazole rings is 1. The number of ether oxygens (including phenoxy) is 2. The highest BCUT2D eigenvalue weighted by Crippen LogP contribution is 2.40. The Morgan fingerprint density at radius 3 is 2.50 bits per heavy atom. The van der Waals surface area contributed by atoms with Crippen LogP contribution < -0.4 is 9.47 Å². The molecule has 1 saturated heterocycles. The molecule has 1 atom stereocenters. The van der Waals surface area contributed by atoms with Gasteiger partial charge in [-0.1, -0.05) is 12.1 Å². The van der Waals surface area contributed by atoms with E-state index in [0.717, 1.165) is 29.7 Å². The summed E-state index contributed by atoms with van der Waals surface area (Å²) in [6.07, 6.45) is 1.53. The van der Waals surface area contributed by atoms with Crippen molar-refractivity contribution in [2.75, 3.05) is 20.8 Å². The topological polar surface area (TPSA) is 73.7 Å². The van der Waals surface area contributed by atoms with Crippen LogP contribution in [0.4, 0.5) is 0 Å². The Morgan fingerprint density at radius 1 is 1.07 bits per heavy atom. The zero-order valence-corrected chi connectivity index (χ0v) is 18.5. The second kappa shape index (κ2) is 7.92. The number of rotatable bonds is 6. The van der Waals surface area contributed by atoms with Crippen molar-refractivity contribution in [2.24, 2.45) is 0 Å². The number of sulfonamides is 1. The van der Waals surface area contributed by atoms with Gasteiger partial charge in [-0.2, -0.15) is 4.31 Å². The van der Waals surface area contributed by atoms with E-state index in [-0.39, 0.29) is 17.0 Å². The van der Waals surface area contributed by atoms with Crippen LogP contribution in [0.25, 0.3) is 11.0 Å².